The number of carbonyl (C=O) groups is 1. The number of hydrogen-bond donors (Lipinski definition) is 0. The highest BCUT2D eigenvalue weighted by Crippen LogP contribution is 2.13. The molecule has 0 aliphatic rings. The molecule has 0 N–H and O–H groups in total. The second-order valence-electron chi connectivity index (χ2n) is 3.50. The molecule has 3 rings (SSSR count). The Kier molecular flexibility index (Phi) is 3.78. The Morgan fingerprint density at radius 3 is 1.82 bits per heavy atom. The van der Waals surface area contributed by atoms with E-state index in [4.69, 9.17) is 16.0 Å². The summed E-state index contributed by atoms with van der Waals surface area (Å²) in [4.78, 5) is 10.9. The van der Waals surface area contributed by atoms with E-state index < -0.39 is 0 Å². The van der Waals surface area contributed by atoms with Gasteiger partial charge in [0.25, 0.3) is 0 Å². The van der Waals surface area contributed by atoms with Crippen molar-refractivity contribution in [3.05, 3.63) is 60.2 Å². The number of halogens is 1. The van der Waals surface area contributed by atoms with Crippen molar-refractivity contribution < 1.29 is 9.21 Å². The first-order valence-corrected chi connectivity index (χ1v) is 5.75. The minimum Gasteiger partial charge on any atom is -0.457 e. The van der Waals surface area contributed by atoms with Gasteiger partial charge in [-0.15, -0.1) is 11.6 Å². The molecule has 0 saturated heterocycles. The van der Waals surface area contributed by atoms with E-state index in [0.717, 1.165) is 11.2 Å². The van der Waals surface area contributed by atoms with Crippen LogP contribution in [-0.2, 0) is 0 Å². The highest BCUT2D eigenvalue weighted by molar-refractivity contribution is 6.30. The summed E-state index contributed by atoms with van der Waals surface area (Å²) in [5.41, 5.74) is 2.61. The quantitative estimate of drug-likeness (QED) is 0.506. The fraction of sp³-hybridized carbons (Fsp3) is 0.0714. The number of furan rings is 2. The number of carbonyl (C=O) groups excluding carboxylic acids is 1. The molecule has 0 saturated carbocycles. The Morgan fingerprint density at radius 1 is 0.941 bits per heavy atom. The standard InChI is InChI=1S/C8H7ClO.C6H4O/c9-6-8(10)7-4-2-1-3-5-7;1-2-6-4-3-5(1)7-6/h1-5H,6H2;1-4H. The van der Waals surface area contributed by atoms with E-state index in [9.17, 15) is 4.79 Å². The molecule has 0 spiro atoms. The van der Waals surface area contributed by atoms with Crippen molar-refractivity contribution in [2.45, 2.75) is 0 Å². The number of ketones is 1. The number of rotatable bonds is 2. The minimum atomic E-state index is -0.0257. The molecule has 2 heterocycles. The third-order valence-corrected chi connectivity index (χ3v) is 2.52. The molecule has 1 aromatic carbocycles. The molecular weight excluding hydrogens is 236 g/mol. The van der Waals surface area contributed by atoms with Gasteiger partial charge in [0.05, 0.1) is 5.88 Å². The van der Waals surface area contributed by atoms with Gasteiger partial charge in [-0.05, 0) is 24.3 Å². The van der Waals surface area contributed by atoms with E-state index >= 15 is 0 Å². The summed E-state index contributed by atoms with van der Waals surface area (Å²) in [6.07, 6.45) is 0. The van der Waals surface area contributed by atoms with Crippen molar-refractivity contribution in [1.82, 2.24) is 0 Å². The Hall–Kier alpha value is -1.80. The summed E-state index contributed by atoms with van der Waals surface area (Å²) in [6.45, 7) is 0. The summed E-state index contributed by atoms with van der Waals surface area (Å²) in [5, 5.41) is 0. The SMILES string of the molecule is O=C(CCl)c1ccccc1.c1cc2ccc1o2. The van der Waals surface area contributed by atoms with Crippen LogP contribution in [0.5, 0.6) is 0 Å². The van der Waals surface area contributed by atoms with Gasteiger partial charge in [-0.3, -0.25) is 4.79 Å². The first kappa shape index (κ1) is 11.7. The predicted molar refractivity (Wildman–Crippen MR) is 68.9 cm³/mol. The highest BCUT2D eigenvalue weighted by Gasteiger charge is 1.99. The maximum atomic E-state index is 10.9. The van der Waals surface area contributed by atoms with E-state index in [1.165, 1.54) is 0 Å². The van der Waals surface area contributed by atoms with Crippen molar-refractivity contribution in [3.8, 4) is 0 Å². The van der Waals surface area contributed by atoms with Crippen LogP contribution in [0.1, 0.15) is 10.4 Å². The van der Waals surface area contributed by atoms with Crippen molar-refractivity contribution in [3.63, 3.8) is 0 Å². The Balaban J connectivity index is 0.000000134. The van der Waals surface area contributed by atoms with Crippen LogP contribution in [0.2, 0.25) is 0 Å². The summed E-state index contributed by atoms with van der Waals surface area (Å²) in [7, 11) is 0. The van der Waals surface area contributed by atoms with Crippen molar-refractivity contribution in [2.24, 2.45) is 0 Å². The van der Waals surface area contributed by atoms with Gasteiger partial charge in [-0.1, -0.05) is 30.3 Å². The van der Waals surface area contributed by atoms with Gasteiger partial charge >= 0.3 is 0 Å². The van der Waals surface area contributed by atoms with Gasteiger partial charge < -0.3 is 4.42 Å². The van der Waals surface area contributed by atoms with E-state index in [-0.39, 0.29) is 11.7 Å². The number of Topliss-reactive ketones (excluding diaryl/α,β-unsaturated/α-hetero) is 1. The van der Waals surface area contributed by atoms with E-state index in [1.807, 2.05) is 42.5 Å². The van der Waals surface area contributed by atoms with Gasteiger partial charge in [0.1, 0.15) is 11.2 Å². The van der Waals surface area contributed by atoms with Crippen LogP contribution in [0.4, 0.5) is 0 Å². The van der Waals surface area contributed by atoms with Crippen molar-refractivity contribution >= 4 is 28.6 Å². The molecule has 3 aromatic rings. The molecule has 3 heteroatoms. The van der Waals surface area contributed by atoms with Crippen LogP contribution in [0, 0.1) is 0 Å². The van der Waals surface area contributed by atoms with Gasteiger partial charge in [0.15, 0.2) is 5.78 Å². The number of alkyl halides is 1. The van der Waals surface area contributed by atoms with Crippen molar-refractivity contribution in [2.75, 3.05) is 5.88 Å². The molecule has 2 bridgehead atoms. The lowest BCUT2D eigenvalue weighted by molar-refractivity contribution is 0.102. The molecule has 0 unspecified atom stereocenters. The van der Waals surface area contributed by atoms with E-state index in [1.54, 1.807) is 12.1 Å². The molecule has 0 amide bonds. The molecule has 0 fully saturated rings. The Labute approximate surface area is 104 Å². The van der Waals surface area contributed by atoms with E-state index in [0.29, 0.717) is 5.56 Å². The fourth-order valence-corrected chi connectivity index (χ4v) is 1.57. The lowest BCUT2D eigenvalue weighted by Gasteiger charge is -1.92. The summed E-state index contributed by atoms with van der Waals surface area (Å²) in [6, 6.07) is 16.8. The first-order valence-electron chi connectivity index (χ1n) is 5.22. The van der Waals surface area contributed by atoms with Gasteiger partial charge in [-0.2, -0.15) is 0 Å². The van der Waals surface area contributed by atoms with Crippen LogP contribution >= 0.6 is 11.6 Å². The summed E-state index contributed by atoms with van der Waals surface area (Å²) < 4.78 is 5.08. The lowest BCUT2D eigenvalue weighted by atomic mass is 10.2. The van der Waals surface area contributed by atoms with Crippen LogP contribution < -0.4 is 0 Å². The zero-order valence-electron chi connectivity index (χ0n) is 9.10. The maximum absolute atomic E-state index is 10.9. The van der Waals surface area contributed by atoms with Gasteiger partial charge in [-0.25, -0.2) is 0 Å². The van der Waals surface area contributed by atoms with Crippen LogP contribution in [-0.4, -0.2) is 11.7 Å². The maximum Gasteiger partial charge on any atom is 0.177 e. The third-order valence-electron chi connectivity index (χ3n) is 2.28. The normalized spacial score (nSPS) is 9.94. The zero-order valence-corrected chi connectivity index (χ0v) is 9.85. The topological polar surface area (TPSA) is 30.2 Å². The van der Waals surface area contributed by atoms with Crippen LogP contribution in [0.3, 0.4) is 0 Å². The largest absolute Gasteiger partial charge is 0.457 e. The molecule has 2 aromatic heterocycles. The van der Waals surface area contributed by atoms with E-state index in [2.05, 4.69) is 0 Å². The molecule has 2 nitrogen and oxygen atoms in total. The average Bonchev–Trinajstić information content (AvgIpc) is 3.04. The average molecular weight is 247 g/mol. The highest BCUT2D eigenvalue weighted by atomic mass is 35.5. The third kappa shape index (κ3) is 3.08. The molecule has 17 heavy (non-hydrogen) atoms. The molecular formula is C14H11ClO2. The van der Waals surface area contributed by atoms with Gasteiger partial charge in [0, 0.05) is 5.56 Å². The fourth-order valence-electron chi connectivity index (χ4n) is 1.41. The summed E-state index contributed by atoms with van der Waals surface area (Å²) in [5.74, 6) is 0.0339. The number of fused-ring (bicyclic) bond motifs is 2. The molecule has 86 valence electrons. The second-order valence-corrected chi connectivity index (χ2v) is 3.76. The first-order chi connectivity index (χ1) is 8.29. The molecule has 0 atom stereocenters. The number of hydrogen-bond acceptors (Lipinski definition) is 2. The monoisotopic (exact) mass is 246 g/mol. The molecule has 0 radical (unpaired) electrons. The Bertz CT molecular complexity index is 526. The second kappa shape index (κ2) is 5.51. The number of benzene rings is 2. The summed E-state index contributed by atoms with van der Waals surface area (Å²) >= 11 is 5.34. The molecule has 0 aliphatic carbocycles. The lowest BCUT2D eigenvalue weighted by Crippen LogP contribution is -1.98. The molecule has 0 aliphatic heterocycles. The minimum absolute atomic E-state index is 0.0257. The zero-order chi connectivity index (χ0) is 12.1. The smallest absolute Gasteiger partial charge is 0.177 e. The Morgan fingerprint density at radius 2 is 1.47 bits per heavy atom. The van der Waals surface area contributed by atoms with Crippen molar-refractivity contribution in [1.29, 1.82) is 0 Å². The van der Waals surface area contributed by atoms with Crippen LogP contribution in [0.25, 0.3) is 11.2 Å². The van der Waals surface area contributed by atoms with Crippen LogP contribution in [0.15, 0.2) is 59.0 Å². The van der Waals surface area contributed by atoms with Gasteiger partial charge in [0.2, 0.25) is 0 Å². The predicted octanol–water partition coefficient (Wildman–Crippen LogP) is 3.98.